The molecule has 7 heteroatoms. The van der Waals surface area contributed by atoms with Gasteiger partial charge in [0.1, 0.15) is 11.9 Å². The van der Waals surface area contributed by atoms with Crippen molar-refractivity contribution in [1.82, 2.24) is 5.32 Å². The Hall–Kier alpha value is -1.60. The maximum atomic E-state index is 12.0. The zero-order chi connectivity index (χ0) is 16.0. The van der Waals surface area contributed by atoms with E-state index in [1.165, 1.54) is 14.2 Å². The molecule has 0 saturated carbocycles. The van der Waals surface area contributed by atoms with Crippen molar-refractivity contribution >= 4 is 27.8 Å². The average Bonchev–Trinajstić information content (AvgIpc) is 2.45. The summed E-state index contributed by atoms with van der Waals surface area (Å²) < 4.78 is 10.7. The molecular weight excluding hydrogens is 342 g/mol. The first-order chi connectivity index (χ1) is 9.94. The number of amides is 1. The average molecular weight is 360 g/mol. The molecule has 1 amide bonds. The number of benzene rings is 1. The second-order valence-corrected chi connectivity index (χ2v) is 5.16. The Morgan fingerprint density at radius 2 is 2.05 bits per heavy atom. The van der Waals surface area contributed by atoms with Crippen LogP contribution in [-0.2, 0) is 14.3 Å². The van der Waals surface area contributed by atoms with Crippen molar-refractivity contribution in [3.05, 3.63) is 28.2 Å². The number of carboxylic acid groups (broad SMARTS) is 1. The highest BCUT2D eigenvalue weighted by Crippen LogP contribution is 2.28. The predicted octanol–water partition coefficient (Wildman–Crippen LogP) is 2.12. The van der Waals surface area contributed by atoms with Gasteiger partial charge in [0.15, 0.2) is 6.04 Å². The van der Waals surface area contributed by atoms with Crippen LogP contribution in [0.4, 0.5) is 0 Å². The molecule has 2 N–H and O–H groups in total. The number of halogens is 1. The maximum absolute atomic E-state index is 12.0. The van der Waals surface area contributed by atoms with Gasteiger partial charge in [-0.05, 0) is 40.0 Å². The molecule has 21 heavy (non-hydrogen) atoms. The summed E-state index contributed by atoms with van der Waals surface area (Å²) in [6.45, 7) is 1.79. The fraction of sp³-hybridized carbons (Fsp3) is 0.429. The second kappa shape index (κ2) is 7.99. The summed E-state index contributed by atoms with van der Waals surface area (Å²) in [6.07, 6.45) is -0.213. The topological polar surface area (TPSA) is 84.9 Å². The molecule has 0 spiro atoms. The number of methoxy groups -OCH3 is 2. The zero-order valence-corrected chi connectivity index (χ0v) is 13.6. The van der Waals surface area contributed by atoms with Gasteiger partial charge in [0.05, 0.1) is 11.6 Å². The number of rotatable bonds is 7. The van der Waals surface area contributed by atoms with E-state index in [0.717, 1.165) is 0 Å². The lowest BCUT2D eigenvalue weighted by atomic mass is 10.1. The van der Waals surface area contributed by atoms with Crippen LogP contribution in [0.1, 0.15) is 24.9 Å². The number of carbonyl (C=O) groups excluding carboxylic acids is 1. The molecule has 1 aromatic rings. The lowest BCUT2D eigenvalue weighted by Crippen LogP contribution is -2.40. The molecule has 0 aliphatic carbocycles. The van der Waals surface area contributed by atoms with Gasteiger partial charge in [-0.2, -0.15) is 0 Å². The molecule has 2 unspecified atom stereocenters. The SMILES string of the molecule is CCC(OC)C(=O)NC(C(=O)O)c1ccc(OC)c(Br)c1. The smallest absolute Gasteiger partial charge is 0.330 e. The number of aliphatic carboxylic acids is 1. The summed E-state index contributed by atoms with van der Waals surface area (Å²) >= 11 is 3.29. The van der Waals surface area contributed by atoms with E-state index in [0.29, 0.717) is 22.2 Å². The first-order valence-corrected chi connectivity index (χ1v) is 7.13. The van der Waals surface area contributed by atoms with Gasteiger partial charge >= 0.3 is 5.97 Å². The van der Waals surface area contributed by atoms with E-state index in [9.17, 15) is 14.7 Å². The van der Waals surface area contributed by atoms with Gasteiger partial charge < -0.3 is 19.9 Å². The monoisotopic (exact) mass is 359 g/mol. The fourth-order valence-corrected chi connectivity index (χ4v) is 2.40. The maximum Gasteiger partial charge on any atom is 0.330 e. The van der Waals surface area contributed by atoms with Gasteiger partial charge in [-0.1, -0.05) is 13.0 Å². The number of nitrogens with one attached hydrogen (secondary N) is 1. The van der Waals surface area contributed by atoms with Crippen LogP contribution < -0.4 is 10.1 Å². The summed E-state index contributed by atoms with van der Waals surface area (Å²) in [5.41, 5.74) is 0.439. The highest BCUT2D eigenvalue weighted by Gasteiger charge is 2.26. The van der Waals surface area contributed by atoms with E-state index in [2.05, 4.69) is 21.2 Å². The van der Waals surface area contributed by atoms with Crippen LogP contribution >= 0.6 is 15.9 Å². The summed E-state index contributed by atoms with van der Waals surface area (Å²) in [4.78, 5) is 23.4. The van der Waals surface area contributed by atoms with E-state index in [4.69, 9.17) is 9.47 Å². The minimum Gasteiger partial charge on any atom is -0.496 e. The number of hydrogen-bond acceptors (Lipinski definition) is 4. The van der Waals surface area contributed by atoms with Gasteiger partial charge in [0, 0.05) is 7.11 Å². The minimum atomic E-state index is -1.15. The van der Waals surface area contributed by atoms with Crippen LogP contribution in [0.25, 0.3) is 0 Å². The number of ether oxygens (including phenoxy) is 2. The van der Waals surface area contributed by atoms with E-state index >= 15 is 0 Å². The third-order valence-corrected chi connectivity index (χ3v) is 3.61. The van der Waals surface area contributed by atoms with E-state index in [-0.39, 0.29) is 0 Å². The normalized spacial score (nSPS) is 13.3. The molecule has 0 heterocycles. The Morgan fingerprint density at radius 1 is 1.38 bits per heavy atom. The zero-order valence-electron chi connectivity index (χ0n) is 12.1. The highest BCUT2D eigenvalue weighted by molar-refractivity contribution is 9.10. The first-order valence-electron chi connectivity index (χ1n) is 6.34. The quantitative estimate of drug-likeness (QED) is 0.778. The molecule has 116 valence electrons. The van der Waals surface area contributed by atoms with Gasteiger partial charge in [0.25, 0.3) is 0 Å². The molecular formula is C14H18BrNO5. The Balaban J connectivity index is 3.00. The van der Waals surface area contributed by atoms with Crippen LogP contribution in [0.3, 0.4) is 0 Å². The Morgan fingerprint density at radius 3 is 2.48 bits per heavy atom. The molecule has 0 radical (unpaired) electrons. The third-order valence-electron chi connectivity index (χ3n) is 2.99. The van der Waals surface area contributed by atoms with E-state index < -0.39 is 24.0 Å². The largest absolute Gasteiger partial charge is 0.496 e. The Bertz CT molecular complexity index is 516. The highest BCUT2D eigenvalue weighted by atomic mass is 79.9. The Kier molecular flexibility index (Phi) is 6.64. The van der Waals surface area contributed by atoms with Crippen LogP contribution in [0.5, 0.6) is 5.75 Å². The van der Waals surface area contributed by atoms with Crippen LogP contribution in [0, 0.1) is 0 Å². The van der Waals surface area contributed by atoms with E-state index in [1.807, 2.05) is 0 Å². The van der Waals surface area contributed by atoms with Crippen molar-refractivity contribution in [3.8, 4) is 5.75 Å². The van der Waals surface area contributed by atoms with Crippen molar-refractivity contribution in [2.24, 2.45) is 0 Å². The molecule has 1 aromatic carbocycles. The third kappa shape index (κ3) is 4.44. The van der Waals surface area contributed by atoms with Gasteiger partial charge in [0.2, 0.25) is 5.91 Å². The molecule has 2 atom stereocenters. The molecule has 0 aromatic heterocycles. The molecule has 0 aliphatic heterocycles. The summed E-state index contributed by atoms with van der Waals surface area (Å²) in [6, 6.07) is 3.68. The van der Waals surface area contributed by atoms with Gasteiger partial charge in [-0.25, -0.2) is 4.79 Å². The Labute approximate surface area is 131 Å². The molecule has 0 bridgehead atoms. The van der Waals surface area contributed by atoms with Crippen molar-refractivity contribution < 1.29 is 24.2 Å². The molecule has 6 nitrogen and oxygen atoms in total. The lowest BCUT2D eigenvalue weighted by molar-refractivity contribution is -0.144. The first kappa shape index (κ1) is 17.5. The van der Waals surface area contributed by atoms with Crippen LogP contribution in [0.2, 0.25) is 0 Å². The summed E-state index contributed by atoms with van der Waals surface area (Å²) in [5, 5.41) is 11.8. The fourth-order valence-electron chi connectivity index (χ4n) is 1.84. The molecule has 1 rings (SSSR count). The van der Waals surface area contributed by atoms with Crippen LogP contribution in [0.15, 0.2) is 22.7 Å². The molecule has 0 aliphatic rings. The van der Waals surface area contributed by atoms with Crippen molar-refractivity contribution in [1.29, 1.82) is 0 Å². The minimum absolute atomic E-state index is 0.439. The van der Waals surface area contributed by atoms with Gasteiger partial charge in [-0.3, -0.25) is 4.79 Å². The second-order valence-electron chi connectivity index (χ2n) is 4.31. The number of hydrogen-bond donors (Lipinski definition) is 2. The molecule has 0 fully saturated rings. The van der Waals surface area contributed by atoms with Crippen molar-refractivity contribution in [2.45, 2.75) is 25.5 Å². The molecule has 0 saturated heterocycles. The number of carboxylic acids is 1. The van der Waals surface area contributed by atoms with E-state index in [1.54, 1.807) is 25.1 Å². The van der Waals surface area contributed by atoms with Crippen molar-refractivity contribution in [3.63, 3.8) is 0 Å². The summed E-state index contributed by atoms with van der Waals surface area (Å²) in [7, 11) is 2.92. The lowest BCUT2D eigenvalue weighted by Gasteiger charge is -2.19. The van der Waals surface area contributed by atoms with Crippen LogP contribution in [-0.4, -0.2) is 37.3 Å². The summed E-state index contributed by atoms with van der Waals surface area (Å²) in [5.74, 6) is -1.02. The van der Waals surface area contributed by atoms with Crippen molar-refractivity contribution in [2.75, 3.05) is 14.2 Å². The van der Waals surface area contributed by atoms with Gasteiger partial charge in [-0.15, -0.1) is 0 Å². The predicted molar refractivity (Wildman–Crippen MR) is 80.3 cm³/mol. The standard InChI is InChI=1S/C14H18BrNO5/c1-4-10(20-2)13(17)16-12(14(18)19)8-5-6-11(21-3)9(15)7-8/h5-7,10,12H,4H2,1-3H3,(H,16,17)(H,18,19). The number of carbonyl (C=O) groups is 2.